The van der Waals surface area contributed by atoms with Gasteiger partial charge < -0.3 is 10.6 Å². The molecule has 1 saturated heterocycles. The highest BCUT2D eigenvalue weighted by atomic mass is 16.2. The lowest BCUT2D eigenvalue weighted by Crippen LogP contribution is -2.57. The van der Waals surface area contributed by atoms with E-state index in [1.165, 1.54) is 12.8 Å². The van der Waals surface area contributed by atoms with E-state index in [1.54, 1.807) is 0 Å². The van der Waals surface area contributed by atoms with Crippen molar-refractivity contribution in [1.82, 2.24) is 10.6 Å². The van der Waals surface area contributed by atoms with Gasteiger partial charge in [0.15, 0.2) is 0 Å². The Morgan fingerprint density at radius 3 is 2.61 bits per heavy atom. The van der Waals surface area contributed by atoms with Gasteiger partial charge in [-0.15, -0.1) is 0 Å². The van der Waals surface area contributed by atoms with Gasteiger partial charge in [-0.3, -0.25) is 4.79 Å². The average molecular weight is 252 g/mol. The van der Waals surface area contributed by atoms with Crippen molar-refractivity contribution in [3.63, 3.8) is 0 Å². The molecular formula is C15H28N2O. The Morgan fingerprint density at radius 1 is 1.33 bits per heavy atom. The minimum Gasteiger partial charge on any atom is -0.351 e. The molecule has 2 rings (SSSR count). The molecule has 1 aliphatic heterocycles. The van der Waals surface area contributed by atoms with Crippen molar-refractivity contribution in [2.45, 2.75) is 77.3 Å². The van der Waals surface area contributed by atoms with Crippen LogP contribution in [0.15, 0.2) is 0 Å². The van der Waals surface area contributed by atoms with Crippen LogP contribution in [-0.4, -0.2) is 24.0 Å². The van der Waals surface area contributed by atoms with Crippen molar-refractivity contribution in [3.8, 4) is 0 Å². The molecule has 1 aliphatic carbocycles. The fourth-order valence-electron chi connectivity index (χ4n) is 3.64. The lowest BCUT2D eigenvalue weighted by atomic mass is 9.85. The van der Waals surface area contributed by atoms with Crippen LogP contribution in [0.25, 0.3) is 0 Å². The van der Waals surface area contributed by atoms with E-state index in [9.17, 15) is 4.79 Å². The van der Waals surface area contributed by atoms with Crippen LogP contribution < -0.4 is 10.6 Å². The van der Waals surface area contributed by atoms with Gasteiger partial charge in [0, 0.05) is 6.04 Å². The molecule has 2 N–H and O–H groups in total. The van der Waals surface area contributed by atoms with E-state index in [4.69, 9.17) is 0 Å². The van der Waals surface area contributed by atoms with Crippen LogP contribution >= 0.6 is 0 Å². The van der Waals surface area contributed by atoms with Gasteiger partial charge >= 0.3 is 0 Å². The monoisotopic (exact) mass is 252 g/mol. The Bertz CT molecular complexity index is 306. The third-order valence-electron chi connectivity index (χ3n) is 4.92. The SMILES string of the molecule is CCCC1(C(=O)NC2CCCC2(C)C)CCCN1. The topological polar surface area (TPSA) is 41.1 Å². The van der Waals surface area contributed by atoms with Crippen LogP contribution in [0.5, 0.6) is 0 Å². The van der Waals surface area contributed by atoms with Crippen molar-refractivity contribution in [2.75, 3.05) is 6.54 Å². The molecule has 0 aromatic heterocycles. The van der Waals surface area contributed by atoms with Crippen LogP contribution in [-0.2, 0) is 4.79 Å². The molecule has 2 aliphatic rings. The average Bonchev–Trinajstić information content (AvgIpc) is 2.88. The number of hydrogen-bond donors (Lipinski definition) is 2. The maximum absolute atomic E-state index is 12.6. The van der Waals surface area contributed by atoms with Gasteiger partial charge in [0.05, 0.1) is 5.54 Å². The molecule has 0 spiro atoms. The van der Waals surface area contributed by atoms with E-state index in [1.807, 2.05) is 0 Å². The number of carbonyl (C=O) groups is 1. The molecule has 1 heterocycles. The third kappa shape index (κ3) is 2.56. The predicted octanol–water partition coefficient (Wildman–Crippen LogP) is 2.60. The summed E-state index contributed by atoms with van der Waals surface area (Å²) in [5.74, 6) is 0.252. The molecule has 2 fully saturated rings. The summed E-state index contributed by atoms with van der Waals surface area (Å²) in [6.45, 7) is 7.70. The van der Waals surface area contributed by atoms with Crippen molar-refractivity contribution in [2.24, 2.45) is 5.41 Å². The second-order valence-corrected chi connectivity index (χ2v) is 6.77. The summed E-state index contributed by atoms with van der Waals surface area (Å²) in [7, 11) is 0. The Balaban J connectivity index is 2.01. The summed E-state index contributed by atoms with van der Waals surface area (Å²) in [5.41, 5.74) is -0.00487. The largest absolute Gasteiger partial charge is 0.351 e. The normalized spacial score (nSPS) is 34.7. The summed E-state index contributed by atoms with van der Waals surface area (Å²) < 4.78 is 0. The Morgan fingerprint density at radius 2 is 2.11 bits per heavy atom. The van der Waals surface area contributed by atoms with Crippen molar-refractivity contribution >= 4 is 5.91 Å². The third-order valence-corrected chi connectivity index (χ3v) is 4.92. The van der Waals surface area contributed by atoms with Gasteiger partial charge in [-0.05, 0) is 44.1 Å². The molecule has 3 heteroatoms. The molecular weight excluding hydrogens is 224 g/mol. The van der Waals surface area contributed by atoms with E-state index in [0.717, 1.165) is 38.6 Å². The van der Waals surface area contributed by atoms with Crippen molar-refractivity contribution in [1.29, 1.82) is 0 Å². The number of carbonyl (C=O) groups excluding carboxylic acids is 1. The summed E-state index contributed by atoms with van der Waals surface area (Å²) in [6, 6.07) is 0.362. The van der Waals surface area contributed by atoms with E-state index < -0.39 is 0 Å². The van der Waals surface area contributed by atoms with Crippen molar-refractivity contribution < 1.29 is 4.79 Å². The van der Waals surface area contributed by atoms with E-state index >= 15 is 0 Å². The smallest absolute Gasteiger partial charge is 0.240 e. The molecule has 0 aromatic rings. The van der Waals surface area contributed by atoms with Gasteiger partial charge in [-0.1, -0.05) is 33.6 Å². The number of hydrogen-bond acceptors (Lipinski definition) is 2. The first-order chi connectivity index (χ1) is 8.50. The molecule has 0 bridgehead atoms. The quantitative estimate of drug-likeness (QED) is 0.807. The minimum atomic E-state index is -0.270. The zero-order valence-corrected chi connectivity index (χ0v) is 12.1. The highest BCUT2D eigenvalue weighted by Gasteiger charge is 2.43. The molecule has 2 atom stereocenters. The highest BCUT2D eigenvalue weighted by Crippen LogP contribution is 2.38. The van der Waals surface area contributed by atoms with Crippen LogP contribution in [0.4, 0.5) is 0 Å². The molecule has 18 heavy (non-hydrogen) atoms. The molecule has 3 nitrogen and oxygen atoms in total. The van der Waals surface area contributed by atoms with Crippen LogP contribution in [0.2, 0.25) is 0 Å². The number of nitrogens with one attached hydrogen (secondary N) is 2. The minimum absolute atomic E-state index is 0.252. The lowest BCUT2D eigenvalue weighted by Gasteiger charge is -2.34. The maximum atomic E-state index is 12.6. The van der Waals surface area contributed by atoms with Gasteiger partial charge in [-0.25, -0.2) is 0 Å². The molecule has 1 saturated carbocycles. The summed E-state index contributed by atoms with van der Waals surface area (Å²) in [4.78, 5) is 12.6. The van der Waals surface area contributed by atoms with Crippen LogP contribution in [0.3, 0.4) is 0 Å². The van der Waals surface area contributed by atoms with Crippen LogP contribution in [0.1, 0.15) is 65.7 Å². The summed E-state index contributed by atoms with van der Waals surface area (Å²) in [5, 5.41) is 6.80. The molecule has 2 unspecified atom stereocenters. The predicted molar refractivity (Wildman–Crippen MR) is 74.4 cm³/mol. The van der Waals surface area contributed by atoms with E-state index in [-0.39, 0.29) is 16.9 Å². The fourth-order valence-corrected chi connectivity index (χ4v) is 3.64. The molecule has 104 valence electrons. The molecule has 0 radical (unpaired) electrons. The fraction of sp³-hybridized carbons (Fsp3) is 0.933. The standard InChI is InChI=1S/C15H28N2O/c1-4-8-15(10-6-11-16-15)13(18)17-12-7-5-9-14(12,2)3/h12,16H,4-11H2,1-3H3,(H,17,18). The number of amides is 1. The van der Waals surface area contributed by atoms with Gasteiger partial charge in [0.1, 0.15) is 0 Å². The zero-order chi connectivity index (χ0) is 13.2. The second-order valence-electron chi connectivity index (χ2n) is 6.77. The summed E-state index contributed by atoms with van der Waals surface area (Å²) in [6.07, 6.45) is 7.76. The lowest BCUT2D eigenvalue weighted by molar-refractivity contribution is -0.128. The molecule has 0 aromatic carbocycles. The van der Waals surface area contributed by atoms with E-state index in [2.05, 4.69) is 31.4 Å². The first-order valence-electron chi connectivity index (χ1n) is 7.56. The van der Waals surface area contributed by atoms with Gasteiger partial charge in [-0.2, -0.15) is 0 Å². The maximum Gasteiger partial charge on any atom is 0.240 e. The first-order valence-corrected chi connectivity index (χ1v) is 7.56. The Hall–Kier alpha value is -0.570. The van der Waals surface area contributed by atoms with Crippen molar-refractivity contribution in [3.05, 3.63) is 0 Å². The van der Waals surface area contributed by atoms with Gasteiger partial charge in [0.25, 0.3) is 0 Å². The zero-order valence-electron chi connectivity index (χ0n) is 12.1. The highest BCUT2D eigenvalue weighted by molar-refractivity contribution is 5.87. The van der Waals surface area contributed by atoms with Gasteiger partial charge in [0.2, 0.25) is 5.91 Å². The van der Waals surface area contributed by atoms with Crippen LogP contribution in [0, 0.1) is 5.41 Å². The second kappa shape index (κ2) is 5.20. The summed E-state index contributed by atoms with van der Waals surface area (Å²) >= 11 is 0. The Kier molecular flexibility index (Phi) is 4.00. The van der Waals surface area contributed by atoms with E-state index in [0.29, 0.717) is 6.04 Å². The number of rotatable bonds is 4. The Labute approximate surface area is 111 Å². The molecule has 1 amide bonds. The first kappa shape index (κ1) is 13.9.